The molecule has 3 nitrogen and oxygen atoms in total. The number of hydrogen-bond acceptors (Lipinski definition) is 3. The van der Waals surface area contributed by atoms with Gasteiger partial charge in [0.15, 0.2) is 0 Å². The molecule has 11 aromatic rings. The topological polar surface area (TPSA) is 19.6 Å². The number of benzene rings is 10. The van der Waals surface area contributed by atoms with Crippen molar-refractivity contribution in [1.29, 1.82) is 0 Å². The Bertz CT molecular complexity index is 3080. The van der Waals surface area contributed by atoms with E-state index in [1.807, 2.05) is 0 Å². The van der Waals surface area contributed by atoms with Crippen LogP contribution >= 0.6 is 0 Å². The minimum atomic E-state index is 0.883. The zero-order chi connectivity index (χ0) is 42.0. The van der Waals surface area contributed by atoms with Crippen LogP contribution in [0.4, 0.5) is 34.1 Å². The van der Waals surface area contributed by atoms with E-state index in [4.69, 9.17) is 4.42 Å². The second kappa shape index (κ2) is 16.6. The Labute approximate surface area is 368 Å². The Balaban J connectivity index is 0.940. The van der Waals surface area contributed by atoms with Crippen molar-refractivity contribution in [3.05, 3.63) is 255 Å². The van der Waals surface area contributed by atoms with Crippen molar-refractivity contribution in [1.82, 2.24) is 0 Å². The average Bonchev–Trinajstić information content (AvgIpc) is 3.76. The van der Waals surface area contributed by atoms with Crippen molar-refractivity contribution in [2.45, 2.75) is 0 Å². The third kappa shape index (κ3) is 7.32. The summed E-state index contributed by atoms with van der Waals surface area (Å²) in [6.07, 6.45) is 0. The summed E-state index contributed by atoms with van der Waals surface area (Å²) in [7, 11) is 0. The van der Waals surface area contributed by atoms with E-state index in [2.05, 4.69) is 265 Å². The summed E-state index contributed by atoms with van der Waals surface area (Å²) in [6.45, 7) is 0. The normalized spacial score (nSPS) is 11.2. The third-order valence-corrected chi connectivity index (χ3v) is 11.8. The lowest BCUT2D eigenvalue weighted by molar-refractivity contribution is 0.671. The van der Waals surface area contributed by atoms with E-state index in [-0.39, 0.29) is 0 Å². The van der Waals surface area contributed by atoms with E-state index < -0.39 is 0 Å². The van der Waals surface area contributed by atoms with Crippen molar-refractivity contribution in [3.8, 4) is 44.5 Å². The third-order valence-electron chi connectivity index (χ3n) is 11.8. The Morgan fingerprint density at radius 1 is 0.222 bits per heavy atom. The number of nitrogens with zero attached hydrogens (tertiary/aromatic N) is 2. The van der Waals surface area contributed by atoms with Gasteiger partial charge in [0.05, 0.1) is 0 Å². The Morgan fingerprint density at radius 3 is 0.937 bits per heavy atom. The molecule has 0 amide bonds. The van der Waals surface area contributed by atoms with Crippen LogP contribution < -0.4 is 9.80 Å². The fourth-order valence-corrected chi connectivity index (χ4v) is 8.81. The second-order valence-corrected chi connectivity index (χ2v) is 15.7. The zero-order valence-electron chi connectivity index (χ0n) is 34.6. The molecule has 0 radical (unpaired) electrons. The molecule has 0 unspecified atom stereocenters. The van der Waals surface area contributed by atoms with Gasteiger partial charge in [-0.05, 0) is 106 Å². The average molecular weight is 807 g/mol. The molecule has 0 aliphatic heterocycles. The lowest BCUT2D eigenvalue weighted by Crippen LogP contribution is -2.09. The molecule has 10 aromatic carbocycles. The van der Waals surface area contributed by atoms with Crippen LogP contribution in [0.25, 0.3) is 66.4 Å². The van der Waals surface area contributed by atoms with Crippen LogP contribution in [-0.4, -0.2) is 0 Å². The highest BCUT2D eigenvalue weighted by Gasteiger charge is 2.19. The largest absolute Gasteiger partial charge is 0.455 e. The summed E-state index contributed by atoms with van der Waals surface area (Å²) in [5, 5.41) is 2.20. The zero-order valence-corrected chi connectivity index (χ0v) is 34.6. The SMILES string of the molecule is c1ccc(-c2cccc(N(c3ccccc3)c3ccc(-c4cccc5c4oc4c(-c6ccc(N(c7ccccc7)c7cccc(-c8ccccc8)c7)cc6)cccc45)cc3)c2)cc1. The molecule has 0 aliphatic carbocycles. The number of furan rings is 1. The van der Waals surface area contributed by atoms with Gasteiger partial charge in [-0.1, -0.05) is 182 Å². The Kier molecular flexibility index (Phi) is 9.89. The second-order valence-electron chi connectivity index (χ2n) is 15.7. The summed E-state index contributed by atoms with van der Waals surface area (Å²) in [5.74, 6) is 0. The summed E-state index contributed by atoms with van der Waals surface area (Å²) < 4.78 is 6.95. The molecule has 0 bridgehead atoms. The van der Waals surface area contributed by atoms with E-state index >= 15 is 0 Å². The first-order chi connectivity index (χ1) is 31.2. The minimum Gasteiger partial charge on any atom is -0.455 e. The highest BCUT2D eigenvalue weighted by Crippen LogP contribution is 2.43. The molecule has 0 aliphatic rings. The van der Waals surface area contributed by atoms with Gasteiger partial charge in [0.25, 0.3) is 0 Å². The summed E-state index contributed by atoms with van der Waals surface area (Å²) in [5.41, 5.74) is 17.4. The lowest BCUT2D eigenvalue weighted by atomic mass is 9.99. The molecule has 1 heterocycles. The molecular formula is C60H42N2O. The molecule has 0 N–H and O–H groups in total. The van der Waals surface area contributed by atoms with Gasteiger partial charge in [-0.3, -0.25) is 0 Å². The van der Waals surface area contributed by atoms with Gasteiger partial charge >= 0.3 is 0 Å². The van der Waals surface area contributed by atoms with Crippen LogP contribution in [0.5, 0.6) is 0 Å². The van der Waals surface area contributed by atoms with Gasteiger partial charge < -0.3 is 14.2 Å². The summed E-state index contributed by atoms with van der Waals surface area (Å²) >= 11 is 0. The monoisotopic (exact) mass is 806 g/mol. The fourth-order valence-electron chi connectivity index (χ4n) is 8.81. The molecule has 298 valence electrons. The number of hydrogen-bond donors (Lipinski definition) is 0. The molecule has 0 saturated heterocycles. The Hall–Kier alpha value is -8.40. The van der Waals surface area contributed by atoms with Crippen LogP contribution in [0.15, 0.2) is 259 Å². The molecule has 0 atom stereocenters. The van der Waals surface area contributed by atoms with Crippen LogP contribution in [0.2, 0.25) is 0 Å². The van der Waals surface area contributed by atoms with E-state index in [1.54, 1.807) is 0 Å². The Morgan fingerprint density at radius 2 is 0.540 bits per heavy atom. The van der Waals surface area contributed by atoms with Crippen molar-refractivity contribution in [2.75, 3.05) is 9.80 Å². The maximum absolute atomic E-state index is 6.95. The molecular weight excluding hydrogens is 765 g/mol. The summed E-state index contributed by atoms with van der Waals surface area (Å²) in [6, 6.07) is 90.4. The van der Waals surface area contributed by atoms with Crippen molar-refractivity contribution < 1.29 is 4.42 Å². The molecule has 11 rings (SSSR count). The predicted molar refractivity (Wildman–Crippen MR) is 265 cm³/mol. The van der Waals surface area contributed by atoms with Crippen LogP contribution in [0.1, 0.15) is 0 Å². The highest BCUT2D eigenvalue weighted by molar-refractivity contribution is 6.13. The van der Waals surface area contributed by atoms with Crippen LogP contribution in [0, 0.1) is 0 Å². The number of fused-ring (bicyclic) bond motifs is 3. The fraction of sp³-hybridized carbons (Fsp3) is 0. The van der Waals surface area contributed by atoms with Gasteiger partial charge in [-0.15, -0.1) is 0 Å². The predicted octanol–water partition coefficient (Wildman–Crippen LogP) is 17.2. The maximum Gasteiger partial charge on any atom is 0.143 e. The van der Waals surface area contributed by atoms with Crippen LogP contribution in [-0.2, 0) is 0 Å². The van der Waals surface area contributed by atoms with Gasteiger partial charge in [-0.25, -0.2) is 0 Å². The first-order valence-corrected chi connectivity index (χ1v) is 21.4. The van der Waals surface area contributed by atoms with E-state index in [9.17, 15) is 0 Å². The van der Waals surface area contributed by atoms with Crippen molar-refractivity contribution in [3.63, 3.8) is 0 Å². The van der Waals surface area contributed by atoms with Gasteiger partial charge in [0.2, 0.25) is 0 Å². The first kappa shape index (κ1) is 37.6. The standard InChI is InChI=1S/C60H42N2O/c1-5-17-43(18-6-1)47-21-13-27-53(41-47)61(49-23-9-3-10-24-49)51-37-33-45(34-38-51)55-29-15-31-57-58-32-16-30-56(60(58)63-59(55)57)46-35-39-52(40-36-46)62(50-25-11-4-12-26-50)54-28-14-22-48(42-54)44-19-7-2-8-20-44/h1-42H. The smallest absolute Gasteiger partial charge is 0.143 e. The molecule has 0 saturated carbocycles. The van der Waals surface area contributed by atoms with Crippen LogP contribution in [0.3, 0.4) is 0 Å². The first-order valence-electron chi connectivity index (χ1n) is 21.4. The maximum atomic E-state index is 6.95. The van der Waals surface area contributed by atoms with Gasteiger partial charge in [-0.2, -0.15) is 0 Å². The van der Waals surface area contributed by atoms with Crippen molar-refractivity contribution in [2.24, 2.45) is 0 Å². The van der Waals surface area contributed by atoms with Gasteiger partial charge in [0, 0.05) is 56.0 Å². The molecule has 0 spiro atoms. The molecule has 0 fully saturated rings. The van der Waals surface area contributed by atoms with E-state index in [0.29, 0.717) is 0 Å². The highest BCUT2D eigenvalue weighted by atomic mass is 16.3. The minimum absolute atomic E-state index is 0.883. The summed E-state index contributed by atoms with van der Waals surface area (Å²) in [4.78, 5) is 4.63. The van der Waals surface area contributed by atoms with Crippen molar-refractivity contribution >= 4 is 56.1 Å². The number of para-hydroxylation sites is 4. The molecule has 1 aromatic heterocycles. The van der Waals surface area contributed by atoms with E-state index in [0.717, 1.165) is 78.3 Å². The van der Waals surface area contributed by atoms with E-state index in [1.165, 1.54) is 22.3 Å². The quantitative estimate of drug-likeness (QED) is 0.137. The molecule has 3 heteroatoms. The lowest BCUT2D eigenvalue weighted by Gasteiger charge is -2.26. The van der Waals surface area contributed by atoms with Gasteiger partial charge in [0.1, 0.15) is 11.2 Å². The number of anilines is 6. The number of rotatable bonds is 10. The molecule has 63 heavy (non-hydrogen) atoms.